The Balaban J connectivity index is 2.25. The SMILES string of the molecule is COC(=O)CCn1cc(C)c(=O)n(CCCn2c(=O)c(C)cn(CCC(=O)OC)c2=O)c1=O. The van der Waals surface area contributed by atoms with Gasteiger partial charge in [0.2, 0.25) is 0 Å². The van der Waals surface area contributed by atoms with Crippen LogP contribution >= 0.6 is 0 Å². The van der Waals surface area contributed by atoms with Gasteiger partial charge in [0.05, 0.1) is 27.1 Å². The highest BCUT2D eigenvalue weighted by Gasteiger charge is 2.13. The third kappa shape index (κ3) is 6.18. The fraction of sp³-hybridized carbons (Fsp3) is 0.524. The Morgan fingerprint density at radius 1 is 0.697 bits per heavy atom. The van der Waals surface area contributed by atoms with Crippen LogP contribution in [0.15, 0.2) is 31.6 Å². The number of hydrogen-bond acceptors (Lipinski definition) is 8. The summed E-state index contributed by atoms with van der Waals surface area (Å²) in [6.45, 7) is 3.15. The highest BCUT2D eigenvalue weighted by atomic mass is 16.5. The van der Waals surface area contributed by atoms with Crippen molar-refractivity contribution >= 4 is 11.9 Å². The first kappa shape index (κ1) is 25.6. The maximum atomic E-state index is 12.7. The third-order valence-electron chi connectivity index (χ3n) is 5.15. The largest absolute Gasteiger partial charge is 0.469 e. The summed E-state index contributed by atoms with van der Waals surface area (Å²) in [5, 5.41) is 0. The Morgan fingerprint density at radius 3 is 1.39 bits per heavy atom. The van der Waals surface area contributed by atoms with Gasteiger partial charge in [-0.2, -0.15) is 0 Å². The van der Waals surface area contributed by atoms with Gasteiger partial charge in [0.25, 0.3) is 11.1 Å². The molecular weight excluding hydrogens is 436 g/mol. The van der Waals surface area contributed by atoms with Gasteiger partial charge in [-0.25, -0.2) is 9.59 Å². The monoisotopic (exact) mass is 464 g/mol. The molecule has 0 fully saturated rings. The summed E-state index contributed by atoms with van der Waals surface area (Å²) in [5.41, 5.74) is -1.53. The Labute approximate surface area is 188 Å². The Morgan fingerprint density at radius 2 is 1.06 bits per heavy atom. The summed E-state index contributed by atoms with van der Waals surface area (Å²) >= 11 is 0. The fourth-order valence-corrected chi connectivity index (χ4v) is 3.33. The number of nitrogens with zero attached hydrogens (tertiary/aromatic N) is 4. The summed E-state index contributed by atoms with van der Waals surface area (Å²) in [6.07, 6.45) is 2.87. The number of ether oxygens (including phenoxy) is 2. The van der Waals surface area contributed by atoms with Crippen molar-refractivity contribution in [1.82, 2.24) is 18.3 Å². The quantitative estimate of drug-likeness (QED) is 0.415. The number of aryl methyl sites for hydroxylation is 4. The van der Waals surface area contributed by atoms with E-state index < -0.39 is 34.4 Å². The van der Waals surface area contributed by atoms with Gasteiger partial charge < -0.3 is 9.47 Å². The highest BCUT2D eigenvalue weighted by Crippen LogP contribution is 1.96. The lowest BCUT2D eigenvalue weighted by Gasteiger charge is -2.13. The van der Waals surface area contributed by atoms with E-state index >= 15 is 0 Å². The maximum absolute atomic E-state index is 12.7. The standard InChI is InChI=1S/C21H28N4O8/c1-14-12-22(10-6-16(26)32-3)20(30)24(18(14)28)8-5-9-25-19(29)15(2)13-23(21(25)31)11-7-17(27)33-4/h12-13H,5-11H2,1-4H3. The minimum absolute atomic E-state index is 0.0282. The first-order valence-corrected chi connectivity index (χ1v) is 10.4. The third-order valence-corrected chi connectivity index (χ3v) is 5.15. The topological polar surface area (TPSA) is 141 Å². The van der Waals surface area contributed by atoms with E-state index in [1.54, 1.807) is 13.8 Å². The first-order valence-electron chi connectivity index (χ1n) is 10.4. The van der Waals surface area contributed by atoms with Gasteiger partial charge in [-0.3, -0.25) is 37.4 Å². The molecule has 12 heteroatoms. The van der Waals surface area contributed by atoms with Crippen molar-refractivity contribution in [3.63, 3.8) is 0 Å². The smallest absolute Gasteiger partial charge is 0.330 e. The van der Waals surface area contributed by atoms with Crippen molar-refractivity contribution < 1.29 is 19.1 Å². The van der Waals surface area contributed by atoms with E-state index in [0.717, 1.165) is 9.13 Å². The Bertz CT molecular complexity index is 1170. The number of aromatic nitrogens is 4. The zero-order valence-electron chi connectivity index (χ0n) is 19.2. The zero-order chi connectivity index (χ0) is 24.7. The van der Waals surface area contributed by atoms with Gasteiger partial charge in [-0.05, 0) is 20.3 Å². The predicted molar refractivity (Wildman–Crippen MR) is 117 cm³/mol. The van der Waals surface area contributed by atoms with Crippen LogP contribution in [0.25, 0.3) is 0 Å². The average Bonchev–Trinajstić information content (AvgIpc) is 2.80. The molecule has 180 valence electrons. The molecule has 0 atom stereocenters. The summed E-state index contributed by atoms with van der Waals surface area (Å²) in [4.78, 5) is 73.1. The van der Waals surface area contributed by atoms with E-state index in [2.05, 4.69) is 9.47 Å². The van der Waals surface area contributed by atoms with Gasteiger partial charge in [-0.1, -0.05) is 0 Å². The molecule has 0 aromatic carbocycles. The molecule has 2 rings (SSSR count). The van der Waals surface area contributed by atoms with Crippen LogP contribution in [0.1, 0.15) is 30.4 Å². The lowest BCUT2D eigenvalue weighted by molar-refractivity contribution is -0.141. The molecule has 12 nitrogen and oxygen atoms in total. The van der Waals surface area contributed by atoms with Gasteiger partial charge in [0.1, 0.15) is 0 Å². The molecule has 0 saturated carbocycles. The second kappa shape index (κ2) is 11.2. The Kier molecular flexibility index (Phi) is 8.71. The first-order chi connectivity index (χ1) is 15.6. The summed E-state index contributed by atoms with van der Waals surface area (Å²) < 4.78 is 13.7. The highest BCUT2D eigenvalue weighted by molar-refractivity contribution is 5.69. The number of carbonyl (C=O) groups excluding carboxylic acids is 2. The van der Waals surface area contributed by atoms with Crippen molar-refractivity contribution in [3.8, 4) is 0 Å². The van der Waals surface area contributed by atoms with E-state index in [4.69, 9.17) is 0 Å². The molecule has 2 aromatic heterocycles. The van der Waals surface area contributed by atoms with Gasteiger partial charge >= 0.3 is 23.3 Å². The normalized spacial score (nSPS) is 10.8. The van der Waals surface area contributed by atoms with Gasteiger partial charge in [-0.15, -0.1) is 0 Å². The van der Waals surface area contributed by atoms with Crippen LogP contribution in [0.4, 0.5) is 0 Å². The molecule has 2 aromatic rings. The second-order valence-corrected chi connectivity index (χ2v) is 7.50. The van der Waals surface area contributed by atoms with Crippen LogP contribution in [0.2, 0.25) is 0 Å². The molecule has 0 aliphatic rings. The number of esters is 2. The molecule has 0 N–H and O–H groups in total. The molecule has 0 bridgehead atoms. The number of rotatable bonds is 10. The number of carbonyl (C=O) groups is 2. The average molecular weight is 464 g/mol. The molecular formula is C21H28N4O8. The Hall–Kier alpha value is -3.70. The molecule has 0 aliphatic carbocycles. The number of hydrogen-bond donors (Lipinski definition) is 0. The van der Waals surface area contributed by atoms with Gasteiger partial charge in [0, 0.05) is 49.7 Å². The van der Waals surface area contributed by atoms with Crippen LogP contribution in [-0.4, -0.2) is 44.4 Å². The zero-order valence-corrected chi connectivity index (χ0v) is 19.2. The van der Waals surface area contributed by atoms with E-state index in [1.165, 1.54) is 35.7 Å². The van der Waals surface area contributed by atoms with Crippen LogP contribution < -0.4 is 22.5 Å². The molecule has 0 amide bonds. The van der Waals surface area contributed by atoms with Crippen LogP contribution in [0.3, 0.4) is 0 Å². The van der Waals surface area contributed by atoms with Crippen molar-refractivity contribution in [3.05, 3.63) is 65.2 Å². The van der Waals surface area contributed by atoms with E-state index in [9.17, 15) is 28.8 Å². The van der Waals surface area contributed by atoms with Crippen molar-refractivity contribution in [2.45, 2.75) is 59.3 Å². The van der Waals surface area contributed by atoms with E-state index in [-0.39, 0.29) is 45.4 Å². The molecule has 0 aliphatic heterocycles. The fourth-order valence-electron chi connectivity index (χ4n) is 3.33. The van der Waals surface area contributed by atoms with Crippen molar-refractivity contribution in [2.75, 3.05) is 14.2 Å². The molecule has 0 spiro atoms. The van der Waals surface area contributed by atoms with Crippen LogP contribution in [-0.2, 0) is 45.2 Å². The molecule has 0 unspecified atom stereocenters. The molecule has 0 saturated heterocycles. The summed E-state index contributed by atoms with van der Waals surface area (Å²) in [7, 11) is 2.49. The predicted octanol–water partition coefficient (Wildman–Crippen LogP) is -0.833. The van der Waals surface area contributed by atoms with E-state index in [1.807, 2.05) is 0 Å². The molecule has 0 radical (unpaired) electrons. The van der Waals surface area contributed by atoms with Crippen molar-refractivity contribution in [1.29, 1.82) is 0 Å². The summed E-state index contributed by atoms with van der Waals surface area (Å²) in [6, 6.07) is 0. The maximum Gasteiger partial charge on any atom is 0.330 e. The minimum Gasteiger partial charge on any atom is -0.469 e. The van der Waals surface area contributed by atoms with E-state index in [0.29, 0.717) is 11.1 Å². The minimum atomic E-state index is -0.596. The molecule has 33 heavy (non-hydrogen) atoms. The van der Waals surface area contributed by atoms with Crippen molar-refractivity contribution in [2.24, 2.45) is 0 Å². The summed E-state index contributed by atoms with van der Waals surface area (Å²) in [5.74, 6) is -0.973. The van der Waals surface area contributed by atoms with Gasteiger partial charge in [0.15, 0.2) is 0 Å². The number of methoxy groups -OCH3 is 2. The lowest BCUT2D eigenvalue weighted by Crippen LogP contribution is -2.43. The molecule has 2 heterocycles. The lowest BCUT2D eigenvalue weighted by atomic mass is 10.3. The second-order valence-electron chi connectivity index (χ2n) is 7.50. The van der Waals surface area contributed by atoms with Crippen LogP contribution in [0.5, 0.6) is 0 Å². The van der Waals surface area contributed by atoms with Crippen LogP contribution in [0, 0.1) is 13.8 Å².